The van der Waals surface area contributed by atoms with Crippen LogP contribution in [0.5, 0.6) is 0 Å². The highest BCUT2D eigenvalue weighted by atomic mass is 79.9. The SMILES string of the molecule is CC1CCCC(CNc2ccc(Cl)c(Br)c2)C1. The van der Waals surface area contributed by atoms with Crippen LogP contribution in [0.4, 0.5) is 5.69 Å². The van der Waals surface area contributed by atoms with E-state index in [4.69, 9.17) is 11.6 Å². The molecule has 0 amide bonds. The fourth-order valence-corrected chi connectivity index (χ4v) is 3.11. The zero-order valence-corrected chi connectivity index (χ0v) is 12.5. The summed E-state index contributed by atoms with van der Waals surface area (Å²) in [6, 6.07) is 6.02. The second-order valence-electron chi connectivity index (χ2n) is 5.15. The van der Waals surface area contributed by atoms with E-state index in [1.54, 1.807) is 0 Å². The minimum atomic E-state index is 0.766. The standard InChI is InChI=1S/C14H19BrClN/c1-10-3-2-4-11(7-10)9-17-12-5-6-14(16)13(15)8-12/h5-6,8,10-11,17H,2-4,7,9H2,1H3. The monoisotopic (exact) mass is 315 g/mol. The molecule has 2 rings (SSSR count). The van der Waals surface area contributed by atoms with Crippen molar-refractivity contribution < 1.29 is 0 Å². The van der Waals surface area contributed by atoms with E-state index in [1.807, 2.05) is 12.1 Å². The van der Waals surface area contributed by atoms with Gasteiger partial charge in [0.2, 0.25) is 0 Å². The maximum atomic E-state index is 5.97. The van der Waals surface area contributed by atoms with Gasteiger partial charge in [0.25, 0.3) is 0 Å². The third kappa shape index (κ3) is 3.89. The molecule has 2 atom stereocenters. The van der Waals surface area contributed by atoms with Gasteiger partial charge in [-0.05, 0) is 58.8 Å². The van der Waals surface area contributed by atoms with Crippen molar-refractivity contribution in [2.24, 2.45) is 11.8 Å². The first-order valence-corrected chi connectivity index (χ1v) is 7.51. The van der Waals surface area contributed by atoms with Crippen molar-refractivity contribution in [3.63, 3.8) is 0 Å². The van der Waals surface area contributed by atoms with Crippen molar-refractivity contribution in [1.82, 2.24) is 0 Å². The van der Waals surface area contributed by atoms with Crippen LogP contribution in [0, 0.1) is 11.8 Å². The van der Waals surface area contributed by atoms with Crippen molar-refractivity contribution in [2.75, 3.05) is 11.9 Å². The largest absolute Gasteiger partial charge is 0.385 e. The van der Waals surface area contributed by atoms with Gasteiger partial charge in [0.15, 0.2) is 0 Å². The molecule has 1 N–H and O–H groups in total. The number of rotatable bonds is 3. The van der Waals surface area contributed by atoms with Crippen LogP contribution in [0.1, 0.15) is 32.6 Å². The fraction of sp³-hybridized carbons (Fsp3) is 0.571. The van der Waals surface area contributed by atoms with Gasteiger partial charge in [-0.1, -0.05) is 31.4 Å². The Labute approximate surface area is 117 Å². The van der Waals surface area contributed by atoms with Gasteiger partial charge in [-0.3, -0.25) is 0 Å². The van der Waals surface area contributed by atoms with Crippen molar-refractivity contribution >= 4 is 33.2 Å². The summed E-state index contributed by atoms with van der Waals surface area (Å²) in [7, 11) is 0. The minimum Gasteiger partial charge on any atom is -0.385 e. The average molecular weight is 317 g/mol. The lowest BCUT2D eigenvalue weighted by Gasteiger charge is -2.27. The molecular weight excluding hydrogens is 298 g/mol. The van der Waals surface area contributed by atoms with Gasteiger partial charge in [-0.25, -0.2) is 0 Å². The van der Waals surface area contributed by atoms with Gasteiger partial charge in [0.1, 0.15) is 0 Å². The van der Waals surface area contributed by atoms with E-state index in [2.05, 4.69) is 34.2 Å². The first-order valence-electron chi connectivity index (χ1n) is 6.34. The van der Waals surface area contributed by atoms with Crippen molar-refractivity contribution in [1.29, 1.82) is 0 Å². The molecule has 0 aromatic heterocycles. The highest BCUT2D eigenvalue weighted by Crippen LogP contribution is 2.30. The molecule has 17 heavy (non-hydrogen) atoms. The third-order valence-electron chi connectivity index (χ3n) is 3.56. The molecule has 1 aliphatic carbocycles. The van der Waals surface area contributed by atoms with Crippen molar-refractivity contribution in [3.8, 4) is 0 Å². The zero-order valence-electron chi connectivity index (χ0n) is 10.2. The lowest BCUT2D eigenvalue weighted by Crippen LogP contribution is -2.20. The van der Waals surface area contributed by atoms with Crippen LogP contribution in [0.2, 0.25) is 5.02 Å². The van der Waals surface area contributed by atoms with E-state index in [1.165, 1.54) is 25.7 Å². The summed E-state index contributed by atoms with van der Waals surface area (Å²) in [5.41, 5.74) is 1.15. The summed E-state index contributed by atoms with van der Waals surface area (Å²) in [5.74, 6) is 1.72. The minimum absolute atomic E-state index is 0.766. The molecule has 2 unspecified atom stereocenters. The van der Waals surface area contributed by atoms with Gasteiger partial charge in [0.05, 0.1) is 5.02 Å². The van der Waals surface area contributed by atoms with Crippen molar-refractivity contribution in [2.45, 2.75) is 32.6 Å². The lowest BCUT2D eigenvalue weighted by atomic mass is 9.82. The molecule has 1 aliphatic rings. The maximum absolute atomic E-state index is 5.97. The predicted octanol–water partition coefficient (Wildman–Crippen LogP) is 5.34. The number of anilines is 1. The number of halogens is 2. The summed E-state index contributed by atoms with van der Waals surface area (Å²) in [5, 5.41) is 4.28. The van der Waals surface area contributed by atoms with Gasteiger partial charge in [-0.2, -0.15) is 0 Å². The Morgan fingerprint density at radius 2 is 2.24 bits per heavy atom. The van der Waals surface area contributed by atoms with E-state index in [-0.39, 0.29) is 0 Å². The van der Waals surface area contributed by atoms with E-state index in [9.17, 15) is 0 Å². The van der Waals surface area contributed by atoms with Gasteiger partial charge in [-0.15, -0.1) is 0 Å². The second kappa shape index (κ2) is 6.10. The molecule has 0 saturated heterocycles. The lowest BCUT2D eigenvalue weighted by molar-refractivity contribution is 0.293. The van der Waals surface area contributed by atoms with Crippen LogP contribution in [-0.2, 0) is 0 Å². The molecule has 0 aliphatic heterocycles. The molecule has 1 saturated carbocycles. The molecular formula is C14H19BrClN. The molecule has 1 aromatic rings. The Hall–Kier alpha value is -0.210. The highest BCUT2D eigenvalue weighted by Gasteiger charge is 2.18. The normalized spacial score (nSPS) is 24.6. The molecule has 94 valence electrons. The Bertz CT molecular complexity index is 380. The average Bonchev–Trinajstić information content (AvgIpc) is 2.31. The third-order valence-corrected chi connectivity index (χ3v) is 4.77. The molecule has 0 bridgehead atoms. The zero-order chi connectivity index (χ0) is 12.3. The molecule has 0 radical (unpaired) electrons. The number of nitrogens with one attached hydrogen (secondary N) is 1. The molecule has 1 nitrogen and oxygen atoms in total. The first kappa shape index (κ1) is 13.2. The quantitative estimate of drug-likeness (QED) is 0.793. The van der Waals surface area contributed by atoms with Crippen LogP contribution in [0.3, 0.4) is 0 Å². The Morgan fingerprint density at radius 3 is 2.94 bits per heavy atom. The summed E-state index contributed by atoms with van der Waals surface area (Å²) in [6.45, 7) is 3.45. The molecule has 1 aromatic carbocycles. The predicted molar refractivity (Wildman–Crippen MR) is 78.8 cm³/mol. The summed E-state index contributed by atoms with van der Waals surface area (Å²) in [4.78, 5) is 0. The van der Waals surface area contributed by atoms with Crippen LogP contribution < -0.4 is 5.32 Å². The number of benzene rings is 1. The van der Waals surface area contributed by atoms with Crippen LogP contribution in [0.15, 0.2) is 22.7 Å². The fourth-order valence-electron chi connectivity index (χ4n) is 2.61. The second-order valence-corrected chi connectivity index (χ2v) is 6.41. The van der Waals surface area contributed by atoms with Crippen LogP contribution in [0.25, 0.3) is 0 Å². The van der Waals surface area contributed by atoms with Crippen LogP contribution in [-0.4, -0.2) is 6.54 Å². The first-order chi connectivity index (χ1) is 8.15. The summed E-state index contributed by atoms with van der Waals surface area (Å²) in [6.07, 6.45) is 5.52. The molecule has 3 heteroatoms. The van der Waals surface area contributed by atoms with E-state index in [0.29, 0.717) is 0 Å². The number of hydrogen-bond donors (Lipinski definition) is 1. The maximum Gasteiger partial charge on any atom is 0.0549 e. The molecule has 0 spiro atoms. The number of hydrogen-bond acceptors (Lipinski definition) is 1. The topological polar surface area (TPSA) is 12.0 Å². The molecule has 0 heterocycles. The van der Waals surface area contributed by atoms with E-state index in [0.717, 1.165) is 33.6 Å². The van der Waals surface area contributed by atoms with E-state index < -0.39 is 0 Å². The van der Waals surface area contributed by atoms with Crippen molar-refractivity contribution in [3.05, 3.63) is 27.7 Å². The Morgan fingerprint density at radius 1 is 1.41 bits per heavy atom. The van der Waals surface area contributed by atoms with Gasteiger partial charge < -0.3 is 5.32 Å². The highest BCUT2D eigenvalue weighted by molar-refractivity contribution is 9.10. The summed E-state index contributed by atoms with van der Waals surface area (Å²) >= 11 is 9.42. The van der Waals surface area contributed by atoms with Crippen LogP contribution >= 0.6 is 27.5 Å². The smallest absolute Gasteiger partial charge is 0.0549 e. The summed E-state index contributed by atoms with van der Waals surface area (Å²) < 4.78 is 0.959. The van der Waals surface area contributed by atoms with Gasteiger partial charge in [0, 0.05) is 16.7 Å². The van der Waals surface area contributed by atoms with E-state index >= 15 is 0 Å². The van der Waals surface area contributed by atoms with Gasteiger partial charge >= 0.3 is 0 Å². The Balaban J connectivity index is 1.86. The Kier molecular flexibility index (Phi) is 4.75. The molecule has 1 fully saturated rings.